The molecule has 0 aromatic rings. The molecule has 0 aromatic heterocycles. The summed E-state index contributed by atoms with van der Waals surface area (Å²) in [6.45, 7) is 1.89. The molecule has 1 N–H and O–H groups in total. The van der Waals surface area contributed by atoms with E-state index in [0.29, 0.717) is 5.88 Å². The van der Waals surface area contributed by atoms with Crippen molar-refractivity contribution in [2.75, 3.05) is 11.6 Å². The molecule has 1 atom stereocenters. The molecule has 0 heterocycles. The average Bonchev–Trinajstić information content (AvgIpc) is 2.24. The quantitative estimate of drug-likeness (QED) is 0.794. The zero-order valence-electron chi connectivity index (χ0n) is 11.6. The largest absolute Gasteiger partial charge is 0.212 e. The van der Waals surface area contributed by atoms with Gasteiger partial charge in [0.05, 0.1) is 5.75 Å². The molecule has 19 heavy (non-hydrogen) atoms. The van der Waals surface area contributed by atoms with E-state index >= 15 is 0 Å². The summed E-state index contributed by atoms with van der Waals surface area (Å²) in [4.78, 5) is 0. The first kappa shape index (κ1) is 14.2. The number of hydrogen-bond donors (Lipinski definition) is 1. The SMILES string of the molecule is CC(CCl)CS(=O)(=O)NC12CC3CC(CC(C3)C1)C2. The Morgan fingerprint density at radius 2 is 1.63 bits per heavy atom. The molecule has 4 aliphatic carbocycles. The van der Waals surface area contributed by atoms with E-state index < -0.39 is 10.0 Å². The lowest BCUT2D eigenvalue weighted by molar-refractivity contribution is -0.00812. The first-order valence-corrected chi connectivity index (χ1v) is 9.66. The van der Waals surface area contributed by atoms with Crippen LogP contribution in [0.25, 0.3) is 0 Å². The van der Waals surface area contributed by atoms with Gasteiger partial charge in [-0.25, -0.2) is 13.1 Å². The van der Waals surface area contributed by atoms with E-state index in [9.17, 15) is 8.42 Å². The highest BCUT2D eigenvalue weighted by Gasteiger charge is 2.52. The van der Waals surface area contributed by atoms with Gasteiger partial charge in [-0.2, -0.15) is 0 Å². The monoisotopic (exact) mass is 305 g/mol. The third-order valence-corrected chi connectivity index (χ3v) is 7.46. The van der Waals surface area contributed by atoms with E-state index in [1.807, 2.05) is 6.92 Å². The zero-order valence-corrected chi connectivity index (χ0v) is 13.1. The molecule has 0 saturated heterocycles. The number of nitrogens with one attached hydrogen (secondary N) is 1. The Bertz CT molecular complexity index is 413. The number of hydrogen-bond acceptors (Lipinski definition) is 2. The third kappa shape index (κ3) is 2.96. The van der Waals surface area contributed by atoms with E-state index in [1.165, 1.54) is 19.3 Å². The molecule has 0 aliphatic heterocycles. The Hall–Kier alpha value is 0.200. The number of halogens is 1. The number of alkyl halides is 1. The van der Waals surface area contributed by atoms with Crippen LogP contribution < -0.4 is 4.72 Å². The second-order valence-electron chi connectivity index (χ2n) is 7.34. The van der Waals surface area contributed by atoms with Crippen LogP contribution in [-0.4, -0.2) is 25.6 Å². The summed E-state index contributed by atoms with van der Waals surface area (Å²) < 4.78 is 27.7. The smallest absolute Gasteiger partial charge is 0.212 e. The molecule has 110 valence electrons. The minimum atomic E-state index is -3.19. The van der Waals surface area contributed by atoms with Gasteiger partial charge >= 0.3 is 0 Å². The Labute approximate surface area is 121 Å². The lowest BCUT2D eigenvalue weighted by Gasteiger charge is -2.56. The summed E-state index contributed by atoms with van der Waals surface area (Å²) in [6.07, 6.45) is 7.19. The van der Waals surface area contributed by atoms with E-state index in [-0.39, 0.29) is 17.2 Å². The number of sulfonamides is 1. The van der Waals surface area contributed by atoms with Crippen molar-refractivity contribution in [2.24, 2.45) is 23.7 Å². The summed E-state index contributed by atoms with van der Waals surface area (Å²) in [5.41, 5.74) is -0.111. The van der Waals surface area contributed by atoms with Crippen LogP contribution in [0.5, 0.6) is 0 Å². The summed E-state index contributed by atoms with van der Waals surface area (Å²) in [7, 11) is -3.19. The van der Waals surface area contributed by atoms with E-state index in [0.717, 1.165) is 37.0 Å². The zero-order chi connectivity index (χ0) is 13.7. The van der Waals surface area contributed by atoms with Crippen molar-refractivity contribution in [3.8, 4) is 0 Å². The molecular weight excluding hydrogens is 282 g/mol. The molecule has 5 heteroatoms. The lowest BCUT2D eigenvalue weighted by atomic mass is 9.53. The van der Waals surface area contributed by atoms with Crippen molar-refractivity contribution in [1.82, 2.24) is 4.72 Å². The molecule has 4 aliphatic rings. The highest BCUT2D eigenvalue weighted by Crippen LogP contribution is 2.55. The van der Waals surface area contributed by atoms with Crippen LogP contribution >= 0.6 is 11.6 Å². The predicted molar refractivity (Wildman–Crippen MR) is 77.7 cm³/mol. The van der Waals surface area contributed by atoms with Crippen molar-refractivity contribution in [2.45, 2.75) is 51.0 Å². The molecule has 4 fully saturated rings. The van der Waals surface area contributed by atoms with Gasteiger partial charge in [0.1, 0.15) is 0 Å². The van der Waals surface area contributed by atoms with Gasteiger partial charge < -0.3 is 0 Å². The molecule has 4 rings (SSSR count). The highest BCUT2D eigenvalue weighted by atomic mass is 35.5. The molecule has 0 radical (unpaired) electrons. The van der Waals surface area contributed by atoms with Gasteiger partial charge in [-0.15, -0.1) is 11.6 Å². The molecular formula is C14H24ClNO2S. The van der Waals surface area contributed by atoms with E-state index in [2.05, 4.69) is 4.72 Å². The van der Waals surface area contributed by atoms with E-state index in [1.54, 1.807) is 0 Å². The summed E-state index contributed by atoms with van der Waals surface area (Å²) in [6, 6.07) is 0. The van der Waals surface area contributed by atoms with Gasteiger partial charge in [-0.05, 0) is 62.2 Å². The van der Waals surface area contributed by atoms with Crippen molar-refractivity contribution in [1.29, 1.82) is 0 Å². The molecule has 4 bridgehead atoms. The van der Waals surface area contributed by atoms with Crippen molar-refractivity contribution < 1.29 is 8.42 Å². The topological polar surface area (TPSA) is 46.2 Å². The molecule has 0 spiro atoms. The van der Waals surface area contributed by atoms with Crippen LogP contribution in [0.15, 0.2) is 0 Å². The van der Waals surface area contributed by atoms with Crippen LogP contribution in [0.2, 0.25) is 0 Å². The normalized spacial score (nSPS) is 42.5. The van der Waals surface area contributed by atoms with Crippen LogP contribution in [0.4, 0.5) is 0 Å². The summed E-state index contributed by atoms with van der Waals surface area (Å²) >= 11 is 5.74. The Morgan fingerprint density at radius 3 is 2.05 bits per heavy atom. The maximum atomic E-state index is 12.3. The molecule has 1 unspecified atom stereocenters. The van der Waals surface area contributed by atoms with Crippen LogP contribution in [0.1, 0.15) is 45.4 Å². The minimum Gasteiger partial charge on any atom is -0.212 e. The second-order valence-corrected chi connectivity index (χ2v) is 9.42. The van der Waals surface area contributed by atoms with Crippen molar-refractivity contribution in [3.63, 3.8) is 0 Å². The fourth-order valence-electron chi connectivity index (χ4n) is 5.03. The number of rotatable bonds is 5. The fraction of sp³-hybridized carbons (Fsp3) is 1.00. The van der Waals surface area contributed by atoms with Crippen LogP contribution in [0.3, 0.4) is 0 Å². The Balaban J connectivity index is 1.72. The first-order valence-electron chi connectivity index (χ1n) is 7.47. The Morgan fingerprint density at radius 1 is 1.16 bits per heavy atom. The second kappa shape index (κ2) is 4.88. The molecule has 3 nitrogen and oxygen atoms in total. The van der Waals surface area contributed by atoms with Gasteiger partial charge in [0.15, 0.2) is 0 Å². The predicted octanol–water partition coefficient (Wildman–Crippen LogP) is 2.75. The van der Waals surface area contributed by atoms with Gasteiger partial charge in [-0.3, -0.25) is 0 Å². The summed E-state index contributed by atoms with van der Waals surface area (Å²) in [5, 5.41) is 0. The van der Waals surface area contributed by atoms with Crippen LogP contribution in [-0.2, 0) is 10.0 Å². The fourth-order valence-corrected chi connectivity index (χ4v) is 7.12. The minimum absolute atomic E-state index is 0.0214. The van der Waals surface area contributed by atoms with E-state index in [4.69, 9.17) is 11.6 Å². The lowest BCUT2D eigenvalue weighted by Crippen LogP contribution is -2.60. The maximum absolute atomic E-state index is 12.3. The molecule has 0 amide bonds. The average molecular weight is 306 g/mol. The standard InChI is InChI=1S/C14H24ClNO2S/c1-10(8-15)9-19(17,18)16-14-5-11-2-12(6-14)4-13(3-11)7-14/h10-13,16H,2-9H2,1H3. The highest BCUT2D eigenvalue weighted by molar-refractivity contribution is 7.89. The molecule has 0 aromatic carbocycles. The van der Waals surface area contributed by atoms with Gasteiger partial charge in [0.2, 0.25) is 10.0 Å². The van der Waals surface area contributed by atoms with Crippen molar-refractivity contribution >= 4 is 21.6 Å². The van der Waals surface area contributed by atoms with Gasteiger partial charge in [-0.1, -0.05) is 6.92 Å². The molecule has 4 saturated carbocycles. The van der Waals surface area contributed by atoms with Crippen LogP contribution in [0, 0.1) is 23.7 Å². The third-order valence-electron chi connectivity index (χ3n) is 5.18. The Kier molecular flexibility index (Phi) is 3.64. The summed E-state index contributed by atoms with van der Waals surface area (Å²) in [5.74, 6) is 2.88. The maximum Gasteiger partial charge on any atom is 0.212 e. The van der Waals surface area contributed by atoms with Gasteiger partial charge in [0, 0.05) is 11.4 Å². The first-order chi connectivity index (χ1) is 8.90. The van der Waals surface area contributed by atoms with Crippen molar-refractivity contribution in [3.05, 3.63) is 0 Å². The van der Waals surface area contributed by atoms with Gasteiger partial charge in [0.25, 0.3) is 0 Å².